The predicted molar refractivity (Wildman–Crippen MR) is 80.1 cm³/mol. The molecule has 0 saturated carbocycles. The number of aryl methyl sites for hydroxylation is 2. The molecule has 2 N–H and O–H groups in total. The molecule has 20 heavy (non-hydrogen) atoms. The van der Waals surface area contributed by atoms with Crippen molar-refractivity contribution in [2.75, 3.05) is 0 Å². The van der Waals surface area contributed by atoms with E-state index in [1.165, 1.54) is 17.2 Å². The van der Waals surface area contributed by atoms with E-state index in [0.29, 0.717) is 0 Å². The minimum absolute atomic E-state index is 0.166. The summed E-state index contributed by atoms with van der Waals surface area (Å²) in [6.45, 7) is 2.15. The molecular formula is C18H20FN. The van der Waals surface area contributed by atoms with E-state index in [9.17, 15) is 4.39 Å². The number of fused-ring (bicyclic) bond motifs is 1. The molecule has 0 fully saturated rings. The van der Waals surface area contributed by atoms with Crippen LogP contribution in [0.15, 0.2) is 42.5 Å². The van der Waals surface area contributed by atoms with Gasteiger partial charge in [0.05, 0.1) is 0 Å². The molecule has 0 aromatic heterocycles. The fraction of sp³-hybridized carbons (Fsp3) is 0.333. The van der Waals surface area contributed by atoms with Crippen LogP contribution in [0, 0.1) is 5.82 Å². The van der Waals surface area contributed by atoms with Crippen molar-refractivity contribution in [3.63, 3.8) is 0 Å². The van der Waals surface area contributed by atoms with E-state index in [2.05, 4.69) is 31.2 Å². The van der Waals surface area contributed by atoms with Crippen LogP contribution >= 0.6 is 0 Å². The van der Waals surface area contributed by atoms with Crippen molar-refractivity contribution >= 4 is 0 Å². The summed E-state index contributed by atoms with van der Waals surface area (Å²) in [6.07, 6.45) is 3.63. The quantitative estimate of drug-likeness (QED) is 0.902. The van der Waals surface area contributed by atoms with Gasteiger partial charge in [0, 0.05) is 5.54 Å². The van der Waals surface area contributed by atoms with Gasteiger partial charge in [-0.2, -0.15) is 0 Å². The van der Waals surface area contributed by atoms with Crippen molar-refractivity contribution in [3.05, 3.63) is 70.5 Å². The molecule has 3 rings (SSSR count). The van der Waals surface area contributed by atoms with Crippen LogP contribution in [0.2, 0.25) is 0 Å². The Bertz CT molecular complexity index is 618. The normalized spacial score (nSPS) is 20.9. The molecule has 0 spiro atoms. The Balaban J connectivity index is 1.87. The third kappa shape index (κ3) is 2.36. The fourth-order valence-electron chi connectivity index (χ4n) is 3.19. The van der Waals surface area contributed by atoms with Crippen molar-refractivity contribution in [2.24, 2.45) is 5.73 Å². The average Bonchev–Trinajstić information content (AvgIpc) is 2.76. The van der Waals surface area contributed by atoms with Crippen LogP contribution < -0.4 is 5.73 Å². The Labute approximate surface area is 119 Å². The zero-order valence-electron chi connectivity index (χ0n) is 11.8. The lowest BCUT2D eigenvalue weighted by molar-refractivity contribution is 0.439. The zero-order chi connectivity index (χ0) is 14.2. The molecule has 0 heterocycles. The highest BCUT2D eigenvalue weighted by atomic mass is 19.1. The molecule has 1 aliphatic carbocycles. The number of benzene rings is 2. The molecule has 0 saturated heterocycles. The first-order valence-electron chi connectivity index (χ1n) is 7.26. The summed E-state index contributed by atoms with van der Waals surface area (Å²) < 4.78 is 13.3. The largest absolute Gasteiger partial charge is 0.321 e. The number of nitrogens with two attached hydrogens (primary N) is 1. The van der Waals surface area contributed by atoms with Crippen molar-refractivity contribution in [1.29, 1.82) is 0 Å². The third-order valence-electron chi connectivity index (χ3n) is 4.39. The van der Waals surface area contributed by atoms with Crippen LogP contribution in [0.25, 0.3) is 0 Å². The fourth-order valence-corrected chi connectivity index (χ4v) is 3.19. The van der Waals surface area contributed by atoms with Crippen LogP contribution in [0.1, 0.15) is 35.6 Å². The molecule has 2 aromatic rings. The number of hydrogen-bond acceptors (Lipinski definition) is 1. The molecule has 2 heteroatoms. The molecule has 0 amide bonds. The summed E-state index contributed by atoms with van der Waals surface area (Å²) in [7, 11) is 0. The van der Waals surface area contributed by atoms with E-state index in [1.807, 2.05) is 6.07 Å². The molecular weight excluding hydrogens is 249 g/mol. The maximum absolute atomic E-state index is 13.3. The van der Waals surface area contributed by atoms with Crippen molar-refractivity contribution < 1.29 is 4.39 Å². The van der Waals surface area contributed by atoms with E-state index in [4.69, 9.17) is 5.73 Å². The van der Waals surface area contributed by atoms with Gasteiger partial charge in [0.1, 0.15) is 5.82 Å². The van der Waals surface area contributed by atoms with Crippen molar-refractivity contribution in [1.82, 2.24) is 0 Å². The number of hydrogen-bond donors (Lipinski definition) is 1. The second-order valence-electron chi connectivity index (χ2n) is 5.80. The number of halogens is 1. The topological polar surface area (TPSA) is 26.0 Å². The Morgan fingerprint density at radius 2 is 1.80 bits per heavy atom. The standard InChI is InChI=1S/C18H20FN/c1-2-13-3-5-14(6-4-13)12-18(20)10-9-15-11-16(19)7-8-17(15)18/h3-8,11H,2,9-10,12,20H2,1H3. The summed E-state index contributed by atoms with van der Waals surface area (Å²) in [6, 6.07) is 13.7. The first-order valence-corrected chi connectivity index (χ1v) is 7.26. The molecule has 2 aromatic carbocycles. The summed E-state index contributed by atoms with van der Waals surface area (Å²) >= 11 is 0. The summed E-state index contributed by atoms with van der Waals surface area (Å²) in [5, 5.41) is 0. The van der Waals surface area contributed by atoms with Gasteiger partial charge in [0.2, 0.25) is 0 Å². The molecule has 1 aliphatic rings. The van der Waals surface area contributed by atoms with Gasteiger partial charge in [-0.1, -0.05) is 37.3 Å². The Morgan fingerprint density at radius 3 is 2.50 bits per heavy atom. The minimum atomic E-state index is -0.350. The highest BCUT2D eigenvalue weighted by molar-refractivity contribution is 5.40. The smallest absolute Gasteiger partial charge is 0.123 e. The van der Waals surface area contributed by atoms with Crippen LogP contribution in [-0.2, 0) is 24.8 Å². The summed E-state index contributed by atoms with van der Waals surface area (Å²) in [4.78, 5) is 0. The SMILES string of the molecule is CCc1ccc(CC2(N)CCc3cc(F)ccc32)cc1. The Kier molecular flexibility index (Phi) is 3.35. The van der Waals surface area contributed by atoms with Crippen LogP contribution in [-0.4, -0.2) is 0 Å². The molecule has 1 atom stereocenters. The molecule has 1 unspecified atom stereocenters. The number of rotatable bonds is 3. The van der Waals surface area contributed by atoms with Gasteiger partial charge in [-0.15, -0.1) is 0 Å². The molecule has 104 valence electrons. The van der Waals surface area contributed by atoms with E-state index >= 15 is 0 Å². The van der Waals surface area contributed by atoms with Crippen LogP contribution in [0.5, 0.6) is 0 Å². The molecule has 1 nitrogen and oxygen atoms in total. The monoisotopic (exact) mass is 269 g/mol. The van der Waals surface area contributed by atoms with E-state index in [-0.39, 0.29) is 11.4 Å². The first-order chi connectivity index (χ1) is 9.60. The maximum Gasteiger partial charge on any atom is 0.123 e. The average molecular weight is 269 g/mol. The first kappa shape index (κ1) is 13.3. The van der Waals surface area contributed by atoms with Crippen molar-refractivity contribution in [2.45, 2.75) is 38.1 Å². The molecule has 0 radical (unpaired) electrons. The van der Waals surface area contributed by atoms with Gasteiger partial charge in [0.25, 0.3) is 0 Å². The van der Waals surface area contributed by atoms with Crippen molar-refractivity contribution in [3.8, 4) is 0 Å². The van der Waals surface area contributed by atoms with Gasteiger partial charge in [-0.05, 0) is 60.1 Å². The van der Waals surface area contributed by atoms with Crippen LogP contribution in [0.4, 0.5) is 4.39 Å². The van der Waals surface area contributed by atoms with Gasteiger partial charge in [-0.25, -0.2) is 4.39 Å². The third-order valence-corrected chi connectivity index (χ3v) is 4.39. The van der Waals surface area contributed by atoms with Gasteiger partial charge < -0.3 is 5.73 Å². The summed E-state index contributed by atoms with van der Waals surface area (Å²) in [5.74, 6) is -0.166. The minimum Gasteiger partial charge on any atom is -0.321 e. The highest BCUT2D eigenvalue weighted by Crippen LogP contribution is 2.37. The highest BCUT2D eigenvalue weighted by Gasteiger charge is 2.35. The second kappa shape index (κ2) is 5.02. The Morgan fingerprint density at radius 1 is 1.10 bits per heavy atom. The summed E-state index contributed by atoms with van der Waals surface area (Å²) in [5.41, 5.74) is 11.0. The Hall–Kier alpha value is -1.67. The van der Waals surface area contributed by atoms with Gasteiger partial charge in [-0.3, -0.25) is 0 Å². The lowest BCUT2D eigenvalue weighted by atomic mass is 9.86. The lowest BCUT2D eigenvalue weighted by Gasteiger charge is -2.25. The maximum atomic E-state index is 13.3. The predicted octanol–water partition coefficient (Wildman–Crippen LogP) is 3.73. The van der Waals surface area contributed by atoms with E-state index in [1.54, 1.807) is 6.07 Å². The molecule has 0 aliphatic heterocycles. The second-order valence-corrected chi connectivity index (χ2v) is 5.80. The van der Waals surface area contributed by atoms with Crippen LogP contribution in [0.3, 0.4) is 0 Å². The molecule has 0 bridgehead atoms. The van der Waals surface area contributed by atoms with E-state index < -0.39 is 0 Å². The van der Waals surface area contributed by atoms with Gasteiger partial charge in [0.15, 0.2) is 0 Å². The van der Waals surface area contributed by atoms with Gasteiger partial charge >= 0.3 is 0 Å². The zero-order valence-corrected chi connectivity index (χ0v) is 11.8. The van der Waals surface area contributed by atoms with E-state index in [0.717, 1.165) is 36.8 Å². The lowest BCUT2D eigenvalue weighted by Crippen LogP contribution is -2.36.